The fourth-order valence-electron chi connectivity index (χ4n) is 2.91. The molecule has 6 nitrogen and oxygen atoms in total. The minimum Gasteiger partial charge on any atom is -0.494 e. The Morgan fingerprint density at radius 2 is 1.83 bits per heavy atom. The first-order chi connectivity index (χ1) is 14.2. The molecule has 0 radical (unpaired) electrons. The van der Waals surface area contributed by atoms with Crippen molar-refractivity contribution in [2.75, 3.05) is 17.7 Å². The van der Waals surface area contributed by atoms with Gasteiger partial charge in [0.2, 0.25) is 11.8 Å². The molecule has 0 aliphatic heterocycles. The molecule has 4 rings (SSSR count). The van der Waals surface area contributed by atoms with Crippen molar-refractivity contribution in [3.05, 3.63) is 66.7 Å². The van der Waals surface area contributed by atoms with Crippen molar-refractivity contribution in [1.29, 1.82) is 0 Å². The van der Waals surface area contributed by atoms with Gasteiger partial charge in [-0.15, -0.1) is 10.2 Å². The van der Waals surface area contributed by atoms with Crippen molar-refractivity contribution in [1.82, 2.24) is 10.2 Å². The molecule has 4 aromatic rings. The average molecular weight is 405 g/mol. The van der Waals surface area contributed by atoms with E-state index in [4.69, 9.17) is 9.15 Å². The summed E-state index contributed by atoms with van der Waals surface area (Å²) in [6.45, 7) is 2.53. The van der Waals surface area contributed by atoms with Crippen molar-refractivity contribution >= 4 is 34.1 Å². The number of rotatable bonds is 7. The van der Waals surface area contributed by atoms with Crippen LogP contribution >= 0.6 is 11.8 Å². The zero-order valence-corrected chi connectivity index (χ0v) is 16.6. The van der Waals surface area contributed by atoms with E-state index >= 15 is 0 Å². The second-order valence-electron chi connectivity index (χ2n) is 6.19. The Kier molecular flexibility index (Phi) is 5.76. The number of amides is 1. The monoisotopic (exact) mass is 405 g/mol. The number of hydrogen-bond acceptors (Lipinski definition) is 6. The van der Waals surface area contributed by atoms with Gasteiger partial charge >= 0.3 is 0 Å². The highest BCUT2D eigenvalue weighted by molar-refractivity contribution is 7.99. The molecule has 0 aliphatic rings. The Bertz CT molecular complexity index is 1120. The van der Waals surface area contributed by atoms with Gasteiger partial charge in [-0.2, -0.15) is 0 Å². The van der Waals surface area contributed by atoms with Crippen LogP contribution in [-0.4, -0.2) is 28.5 Å². The third-order valence-electron chi connectivity index (χ3n) is 4.20. The molecule has 0 unspecified atom stereocenters. The van der Waals surface area contributed by atoms with E-state index in [1.165, 1.54) is 11.8 Å². The lowest BCUT2D eigenvalue weighted by molar-refractivity contribution is -0.113. The van der Waals surface area contributed by atoms with E-state index in [2.05, 4.69) is 15.5 Å². The predicted molar refractivity (Wildman–Crippen MR) is 114 cm³/mol. The summed E-state index contributed by atoms with van der Waals surface area (Å²) in [6.07, 6.45) is 0. The summed E-state index contributed by atoms with van der Waals surface area (Å²) in [6, 6.07) is 21.2. The van der Waals surface area contributed by atoms with Crippen LogP contribution in [0.15, 0.2) is 76.4 Å². The lowest BCUT2D eigenvalue weighted by Crippen LogP contribution is -2.13. The van der Waals surface area contributed by atoms with E-state index in [1.54, 1.807) is 12.1 Å². The van der Waals surface area contributed by atoms with Gasteiger partial charge in [-0.1, -0.05) is 48.2 Å². The van der Waals surface area contributed by atoms with E-state index in [0.29, 0.717) is 23.4 Å². The highest BCUT2D eigenvalue weighted by atomic mass is 32.2. The molecule has 29 heavy (non-hydrogen) atoms. The lowest BCUT2D eigenvalue weighted by atomic mass is 10.0. The van der Waals surface area contributed by atoms with Crippen LogP contribution in [0, 0.1) is 0 Å². The van der Waals surface area contributed by atoms with Gasteiger partial charge in [-0.05, 0) is 48.0 Å². The molecule has 146 valence electrons. The van der Waals surface area contributed by atoms with Crippen molar-refractivity contribution in [2.24, 2.45) is 0 Å². The van der Waals surface area contributed by atoms with Gasteiger partial charge in [0.1, 0.15) is 5.75 Å². The van der Waals surface area contributed by atoms with Crippen LogP contribution in [0.2, 0.25) is 0 Å². The van der Waals surface area contributed by atoms with E-state index < -0.39 is 0 Å². The summed E-state index contributed by atoms with van der Waals surface area (Å²) >= 11 is 1.20. The van der Waals surface area contributed by atoms with Crippen molar-refractivity contribution in [3.63, 3.8) is 0 Å². The number of hydrogen-bond donors (Lipinski definition) is 1. The van der Waals surface area contributed by atoms with Gasteiger partial charge in [0.05, 0.1) is 12.4 Å². The first-order valence-electron chi connectivity index (χ1n) is 9.20. The predicted octanol–water partition coefficient (Wildman–Crippen LogP) is 5.02. The van der Waals surface area contributed by atoms with Crippen LogP contribution in [0.25, 0.3) is 22.2 Å². The van der Waals surface area contributed by atoms with Crippen molar-refractivity contribution in [2.45, 2.75) is 12.1 Å². The van der Waals surface area contributed by atoms with E-state index in [-0.39, 0.29) is 11.7 Å². The summed E-state index contributed by atoms with van der Waals surface area (Å²) < 4.78 is 11.2. The van der Waals surface area contributed by atoms with Crippen LogP contribution in [0.3, 0.4) is 0 Å². The summed E-state index contributed by atoms with van der Waals surface area (Å²) in [4.78, 5) is 12.2. The average Bonchev–Trinajstić information content (AvgIpc) is 3.22. The largest absolute Gasteiger partial charge is 0.494 e. The molecular weight excluding hydrogens is 386 g/mol. The molecule has 0 saturated carbocycles. The Morgan fingerprint density at radius 3 is 2.66 bits per heavy atom. The van der Waals surface area contributed by atoms with Gasteiger partial charge in [0.25, 0.3) is 5.22 Å². The maximum Gasteiger partial charge on any atom is 0.277 e. The number of nitrogens with one attached hydrogen (secondary N) is 1. The van der Waals surface area contributed by atoms with Crippen LogP contribution in [-0.2, 0) is 4.79 Å². The number of nitrogens with zero attached hydrogens (tertiary/aromatic N) is 2. The normalized spacial score (nSPS) is 10.8. The number of carbonyl (C=O) groups excluding carboxylic acids is 1. The molecule has 0 spiro atoms. The molecule has 0 saturated heterocycles. The Morgan fingerprint density at radius 1 is 1.03 bits per heavy atom. The minimum atomic E-state index is -0.149. The Labute approximate surface area is 172 Å². The molecule has 0 fully saturated rings. The zero-order chi connectivity index (χ0) is 20.1. The highest BCUT2D eigenvalue weighted by Gasteiger charge is 2.13. The molecule has 7 heteroatoms. The van der Waals surface area contributed by atoms with E-state index in [0.717, 1.165) is 22.1 Å². The number of ether oxygens (including phenoxy) is 1. The molecule has 1 N–H and O–H groups in total. The maximum atomic E-state index is 12.2. The van der Waals surface area contributed by atoms with Crippen LogP contribution in [0.4, 0.5) is 5.69 Å². The third-order valence-corrected chi connectivity index (χ3v) is 5.02. The fourth-order valence-corrected chi connectivity index (χ4v) is 3.48. The topological polar surface area (TPSA) is 77.2 Å². The molecule has 0 atom stereocenters. The number of fused-ring (bicyclic) bond motifs is 1. The molecule has 0 bridgehead atoms. The fraction of sp³-hybridized carbons (Fsp3) is 0.136. The number of anilines is 1. The van der Waals surface area contributed by atoms with Gasteiger partial charge in [-0.25, -0.2) is 0 Å². The first kappa shape index (κ1) is 19.0. The number of carbonyl (C=O) groups is 1. The molecule has 1 heterocycles. The molecule has 1 aromatic heterocycles. The zero-order valence-electron chi connectivity index (χ0n) is 15.8. The summed E-state index contributed by atoms with van der Waals surface area (Å²) in [7, 11) is 0. The van der Waals surface area contributed by atoms with Gasteiger partial charge in [-0.3, -0.25) is 4.79 Å². The van der Waals surface area contributed by atoms with Crippen LogP contribution < -0.4 is 10.1 Å². The SMILES string of the molecule is CCOc1ccc(NC(=O)CSc2nnc(-c3cccc4ccccc34)o2)cc1. The smallest absolute Gasteiger partial charge is 0.277 e. The van der Waals surface area contributed by atoms with Gasteiger partial charge in [0.15, 0.2) is 0 Å². The lowest BCUT2D eigenvalue weighted by Gasteiger charge is -2.06. The molecule has 1 amide bonds. The van der Waals surface area contributed by atoms with Gasteiger partial charge in [0, 0.05) is 11.3 Å². The number of aromatic nitrogens is 2. The molecular formula is C22H19N3O3S. The van der Waals surface area contributed by atoms with Gasteiger partial charge < -0.3 is 14.5 Å². The number of benzene rings is 3. The van der Waals surface area contributed by atoms with Crippen molar-refractivity contribution in [3.8, 4) is 17.2 Å². The molecule has 0 aliphatic carbocycles. The summed E-state index contributed by atoms with van der Waals surface area (Å²) in [5.41, 5.74) is 1.59. The standard InChI is InChI=1S/C22H19N3O3S/c1-2-27-17-12-10-16(11-13-17)23-20(26)14-29-22-25-24-21(28-22)19-9-5-7-15-6-3-4-8-18(15)19/h3-13H,2,14H2,1H3,(H,23,26). The summed E-state index contributed by atoms with van der Waals surface area (Å²) in [5, 5.41) is 13.5. The minimum absolute atomic E-state index is 0.149. The Hall–Kier alpha value is -3.32. The Balaban J connectivity index is 1.38. The third kappa shape index (κ3) is 4.57. The van der Waals surface area contributed by atoms with E-state index in [1.807, 2.05) is 61.5 Å². The van der Waals surface area contributed by atoms with Crippen molar-refractivity contribution < 1.29 is 13.9 Å². The van der Waals surface area contributed by atoms with Crippen LogP contribution in [0.5, 0.6) is 5.75 Å². The first-order valence-corrected chi connectivity index (χ1v) is 10.2. The second-order valence-corrected chi connectivity index (χ2v) is 7.12. The quantitative estimate of drug-likeness (QED) is 0.435. The number of thioether (sulfide) groups is 1. The maximum absolute atomic E-state index is 12.2. The molecule has 3 aromatic carbocycles. The van der Waals surface area contributed by atoms with Crippen LogP contribution in [0.1, 0.15) is 6.92 Å². The second kappa shape index (κ2) is 8.79. The van der Waals surface area contributed by atoms with E-state index in [9.17, 15) is 4.79 Å². The summed E-state index contributed by atoms with van der Waals surface area (Å²) in [5.74, 6) is 1.23. The highest BCUT2D eigenvalue weighted by Crippen LogP contribution is 2.29.